The third-order valence-electron chi connectivity index (χ3n) is 1.68. The molecule has 0 heterocycles. The molecule has 0 rings (SSSR count). The molecule has 1 N–H and O–H groups in total. The van der Waals surface area contributed by atoms with Gasteiger partial charge in [0.05, 0.1) is 0 Å². The van der Waals surface area contributed by atoms with Gasteiger partial charge in [0.25, 0.3) is 0 Å². The second-order valence-electron chi connectivity index (χ2n) is 2.64. The SMILES string of the molecule is CC=N/C=C(/CN(C)CC)NC. The fourth-order valence-corrected chi connectivity index (χ4v) is 0.752. The molecule has 0 bridgehead atoms. The van der Waals surface area contributed by atoms with Gasteiger partial charge in [-0.15, -0.1) is 0 Å². The van der Waals surface area contributed by atoms with Crippen LogP contribution >= 0.6 is 0 Å². The maximum absolute atomic E-state index is 4.05. The Balaban J connectivity index is 3.98. The molecular formula is C9H19N3. The predicted octanol–water partition coefficient (Wildman–Crippen LogP) is 1.09. The third-order valence-corrected chi connectivity index (χ3v) is 1.68. The van der Waals surface area contributed by atoms with Crippen LogP contribution in [-0.4, -0.2) is 38.3 Å². The van der Waals surface area contributed by atoms with Crippen LogP contribution in [0.3, 0.4) is 0 Å². The van der Waals surface area contributed by atoms with Crippen LogP contribution in [0, 0.1) is 0 Å². The Morgan fingerprint density at radius 2 is 2.25 bits per heavy atom. The lowest BCUT2D eigenvalue weighted by molar-refractivity contribution is 0.376. The quantitative estimate of drug-likeness (QED) is 0.624. The Bertz CT molecular complexity index is 161. The summed E-state index contributed by atoms with van der Waals surface area (Å²) in [4.78, 5) is 6.27. The van der Waals surface area contributed by atoms with E-state index in [2.05, 4.69) is 29.2 Å². The first-order valence-corrected chi connectivity index (χ1v) is 4.27. The minimum Gasteiger partial charge on any atom is -0.389 e. The summed E-state index contributed by atoms with van der Waals surface area (Å²) < 4.78 is 0. The largest absolute Gasteiger partial charge is 0.389 e. The Labute approximate surface area is 75.2 Å². The number of hydrogen-bond donors (Lipinski definition) is 1. The van der Waals surface area contributed by atoms with Gasteiger partial charge < -0.3 is 10.2 Å². The molecule has 0 spiro atoms. The third kappa shape index (κ3) is 4.91. The number of aliphatic imine (C=N–C) groups is 1. The summed E-state index contributed by atoms with van der Waals surface area (Å²) in [7, 11) is 4.00. The molecule has 3 nitrogen and oxygen atoms in total. The summed E-state index contributed by atoms with van der Waals surface area (Å²) in [5.41, 5.74) is 1.14. The molecule has 0 aromatic rings. The van der Waals surface area contributed by atoms with Crippen LogP contribution in [0.1, 0.15) is 13.8 Å². The van der Waals surface area contributed by atoms with Crippen molar-refractivity contribution in [3.63, 3.8) is 0 Å². The van der Waals surface area contributed by atoms with Crippen molar-refractivity contribution in [1.29, 1.82) is 0 Å². The number of rotatable bonds is 5. The van der Waals surface area contributed by atoms with Gasteiger partial charge in [0, 0.05) is 31.7 Å². The first-order chi connectivity index (χ1) is 5.74. The average molecular weight is 169 g/mol. The van der Waals surface area contributed by atoms with E-state index in [9.17, 15) is 0 Å². The second-order valence-corrected chi connectivity index (χ2v) is 2.64. The second kappa shape index (κ2) is 6.85. The van der Waals surface area contributed by atoms with Crippen molar-refractivity contribution in [2.75, 3.05) is 27.2 Å². The molecule has 12 heavy (non-hydrogen) atoms. The summed E-state index contributed by atoms with van der Waals surface area (Å²) in [6.45, 7) is 6.02. The van der Waals surface area contributed by atoms with Crippen LogP contribution < -0.4 is 5.32 Å². The molecule has 0 saturated carbocycles. The molecule has 0 aromatic heterocycles. The zero-order valence-electron chi connectivity index (χ0n) is 8.46. The van der Waals surface area contributed by atoms with Gasteiger partial charge in [-0.2, -0.15) is 0 Å². The van der Waals surface area contributed by atoms with Crippen molar-refractivity contribution in [2.24, 2.45) is 4.99 Å². The van der Waals surface area contributed by atoms with Gasteiger partial charge in [-0.05, 0) is 20.5 Å². The van der Waals surface area contributed by atoms with Gasteiger partial charge in [0.1, 0.15) is 0 Å². The average Bonchev–Trinajstić information content (AvgIpc) is 2.11. The highest BCUT2D eigenvalue weighted by Crippen LogP contribution is 1.92. The summed E-state index contributed by atoms with van der Waals surface area (Å²) in [6, 6.07) is 0. The van der Waals surface area contributed by atoms with E-state index >= 15 is 0 Å². The lowest BCUT2D eigenvalue weighted by Gasteiger charge is -2.15. The molecule has 0 aliphatic heterocycles. The van der Waals surface area contributed by atoms with Crippen LogP contribution in [0.4, 0.5) is 0 Å². The molecule has 0 aromatic carbocycles. The first-order valence-electron chi connectivity index (χ1n) is 4.27. The van der Waals surface area contributed by atoms with E-state index in [0.29, 0.717) is 0 Å². The topological polar surface area (TPSA) is 27.6 Å². The predicted molar refractivity (Wildman–Crippen MR) is 54.5 cm³/mol. The molecule has 0 radical (unpaired) electrons. The van der Waals surface area contributed by atoms with Gasteiger partial charge in [0.15, 0.2) is 0 Å². The van der Waals surface area contributed by atoms with Crippen LogP contribution in [0.15, 0.2) is 16.9 Å². The summed E-state index contributed by atoms with van der Waals surface area (Å²) in [5, 5.41) is 3.11. The summed E-state index contributed by atoms with van der Waals surface area (Å²) in [6.07, 6.45) is 3.63. The van der Waals surface area contributed by atoms with Crippen molar-refractivity contribution >= 4 is 6.21 Å². The fraction of sp³-hybridized carbons (Fsp3) is 0.667. The van der Waals surface area contributed by atoms with Crippen molar-refractivity contribution < 1.29 is 0 Å². The summed E-state index contributed by atoms with van der Waals surface area (Å²) >= 11 is 0. The van der Waals surface area contributed by atoms with Gasteiger partial charge in [0.2, 0.25) is 0 Å². The number of nitrogens with zero attached hydrogens (tertiary/aromatic N) is 2. The van der Waals surface area contributed by atoms with Crippen LogP contribution in [0.5, 0.6) is 0 Å². The molecule has 70 valence electrons. The smallest absolute Gasteiger partial charge is 0.0466 e. The zero-order chi connectivity index (χ0) is 9.40. The highest BCUT2D eigenvalue weighted by Gasteiger charge is 1.97. The Kier molecular flexibility index (Phi) is 6.38. The Morgan fingerprint density at radius 1 is 1.58 bits per heavy atom. The maximum atomic E-state index is 4.05. The highest BCUT2D eigenvalue weighted by molar-refractivity contribution is 5.54. The minimum absolute atomic E-state index is 0.921. The number of likely N-dealkylation sites (N-methyl/N-ethyl adjacent to an activating group) is 2. The monoisotopic (exact) mass is 169 g/mol. The van der Waals surface area contributed by atoms with E-state index in [1.54, 1.807) is 6.21 Å². The van der Waals surface area contributed by atoms with E-state index in [-0.39, 0.29) is 0 Å². The first kappa shape index (κ1) is 11.2. The molecule has 0 amide bonds. The lowest BCUT2D eigenvalue weighted by Crippen LogP contribution is -2.25. The molecule has 0 aliphatic carbocycles. The maximum Gasteiger partial charge on any atom is 0.0466 e. The number of hydrogen-bond acceptors (Lipinski definition) is 3. The Morgan fingerprint density at radius 3 is 2.67 bits per heavy atom. The highest BCUT2D eigenvalue weighted by atomic mass is 15.1. The van der Waals surface area contributed by atoms with Gasteiger partial charge >= 0.3 is 0 Å². The zero-order valence-corrected chi connectivity index (χ0v) is 8.46. The fourth-order valence-electron chi connectivity index (χ4n) is 0.752. The molecule has 0 fully saturated rings. The van der Waals surface area contributed by atoms with Crippen molar-refractivity contribution in [2.45, 2.75) is 13.8 Å². The molecule has 0 unspecified atom stereocenters. The normalized spacial score (nSPS) is 12.9. The number of nitrogens with one attached hydrogen (secondary N) is 1. The molecular weight excluding hydrogens is 150 g/mol. The minimum atomic E-state index is 0.921. The van der Waals surface area contributed by atoms with Gasteiger partial charge in [-0.25, -0.2) is 0 Å². The van der Waals surface area contributed by atoms with Gasteiger partial charge in [-0.1, -0.05) is 6.92 Å². The van der Waals surface area contributed by atoms with E-state index in [1.165, 1.54) is 0 Å². The van der Waals surface area contributed by atoms with Crippen molar-refractivity contribution in [1.82, 2.24) is 10.2 Å². The van der Waals surface area contributed by atoms with E-state index in [1.807, 2.05) is 20.2 Å². The van der Waals surface area contributed by atoms with Crippen LogP contribution in [0.25, 0.3) is 0 Å². The van der Waals surface area contributed by atoms with Crippen LogP contribution in [0.2, 0.25) is 0 Å². The summed E-state index contributed by atoms with van der Waals surface area (Å²) in [5.74, 6) is 0. The molecule has 0 atom stereocenters. The molecule has 0 aliphatic rings. The van der Waals surface area contributed by atoms with E-state index in [0.717, 1.165) is 18.8 Å². The van der Waals surface area contributed by atoms with E-state index in [4.69, 9.17) is 0 Å². The van der Waals surface area contributed by atoms with Gasteiger partial charge in [-0.3, -0.25) is 4.99 Å². The van der Waals surface area contributed by atoms with Crippen molar-refractivity contribution in [3.05, 3.63) is 11.9 Å². The van der Waals surface area contributed by atoms with E-state index < -0.39 is 0 Å². The Hall–Kier alpha value is -0.830. The van der Waals surface area contributed by atoms with Crippen LogP contribution in [-0.2, 0) is 0 Å². The molecule has 3 heteroatoms. The standard InChI is InChI=1S/C9H19N3/c1-5-11-7-9(10-3)8-12(4)6-2/h5,7,10H,6,8H2,1-4H3/b9-7-,11-5?. The van der Waals surface area contributed by atoms with Crippen molar-refractivity contribution in [3.8, 4) is 0 Å². The molecule has 0 saturated heterocycles. The lowest BCUT2D eigenvalue weighted by atomic mass is 10.4.